The Kier molecular flexibility index (Phi) is 3.34. The van der Waals surface area contributed by atoms with Crippen molar-refractivity contribution in [1.82, 2.24) is 20.2 Å². The lowest BCUT2D eigenvalue weighted by atomic mass is 10.1. The van der Waals surface area contributed by atoms with Crippen LogP contribution in [0.1, 0.15) is 0 Å². The Morgan fingerprint density at radius 1 is 1.35 bits per heavy atom. The van der Waals surface area contributed by atoms with Crippen molar-refractivity contribution in [1.29, 1.82) is 0 Å². The van der Waals surface area contributed by atoms with Gasteiger partial charge in [0.25, 0.3) is 0 Å². The number of aliphatic carboxylic acids is 1. The first kappa shape index (κ1) is 12.6. The predicted molar refractivity (Wildman–Crippen MR) is 75.5 cm³/mol. The summed E-state index contributed by atoms with van der Waals surface area (Å²) in [5.41, 5.74) is 0.916. The van der Waals surface area contributed by atoms with Gasteiger partial charge in [0.1, 0.15) is 0 Å². The largest absolute Gasteiger partial charge is 0.481 e. The molecular weight excluding hydrogens is 276 g/mol. The predicted octanol–water partition coefficient (Wildman–Crippen LogP) is 2.20. The second kappa shape index (κ2) is 5.30. The number of H-pyrrole nitrogens is 1. The van der Waals surface area contributed by atoms with E-state index in [1.807, 2.05) is 24.3 Å². The van der Waals surface area contributed by atoms with Crippen LogP contribution in [0.3, 0.4) is 0 Å². The first-order valence-electron chi connectivity index (χ1n) is 5.84. The summed E-state index contributed by atoms with van der Waals surface area (Å²) in [6.07, 6.45) is 3.51. The van der Waals surface area contributed by atoms with Crippen LogP contribution in [-0.4, -0.2) is 37.0 Å². The number of benzene rings is 1. The number of aromatic amines is 1. The topological polar surface area (TPSA) is 91.8 Å². The van der Waals surface area contributed by atoms with E-state index in [0.29, 0.717) is 11.0 Å². The third-order valence-electron chi connectivity index (χ3n) is 2.73. The van der Waals surface area contributed by atoms with E-state index in [2.05, 4.69) is 20.2 Å². The van der Waals surface area contributed by atoms with Gasteiger partial charge in [0, 0.05) is 23.3 Å². The molecule has 0 aliphatic heterocycles. The fourth-order valence-corrected chi connectivity index (χ4v) is 2.41. The van der Waals surface area contributed by atoms with E-state index in [4.69, 9.17) is 5.11 Å². The van der Waals surface area contributed by atoms with Crippen molar-refractivity contribution in [2.45, 2.75) is 5.16 Å². The molecular formula is C13H10N4O2S. The molecule has 2 N–H and O–H groups in total. The summed E-state index contributed by atoms with van der Waals surface area (Å²) in [5, 5.41) is 18.0. The van der Waals surface area contributed by atoms with Gasteiger partial charge < -0.3 is 5.11 Å². The maximum Gasteiger partial charge on any atom is 0.313 e. The van der Waals surface area contributed by atoms with E-state index in [0.717, 1.165) is 28.1 Å². The molecule has 20 heavy (non-hydrogen) atoms. The molecule has 6 nitrogen and oxygen atoms in total. The lowest BCUT2D eigenvalue weighted by Crippen LogP contribution is -1.97. The van der Waals surface area contributed by atoms with E-state index in [1.165, 1.54) is 0 Å². The zero-order valence-corrected chi connectivity index (χ0v) is 11.1. The van der Waals surface area contributed by atoms with Crippen molar-refractivity contribution < 1.29 is 9.90 Å². The van der Waals surface area contributed by atoms with Gasteiger partial charge in [-0.15, -0.1) is 5.10 Å². The second-order valence-corrected chi connectivity index (χ2v) is 4.99. The highest BCUT2D eigenvalue weighted by molar-refractivity contribution is 7.99. The van der Waals surface area contributed by atoms with Crippen LogP contribution in [0.2, 0.25) is 0 Å². The summed E-state index contributed by atoms with van der Waals surface area (Å²) in [7, 11) is 0. The minimum Gasteiger partial charge on any atom is -0.481 e. The Labute approximate surface area is 118 Å². The smallest absolute Gasteiger partial charge is 0.313 e. The summed E-state index contributed by atoms with van der Waals surface area (Å²) in [4.78, 5) is 18.9. The lowest BCUT2D eigenvalue weighted by Gasteiger charge is -2.02. The molecule has 0 bridgehead atoms. The average Bonchev–Trinajstić information content (AvgIpc) is 2.93. The molecule has 0 aliphatic rings. The first-order chi connectivity index (χ1) is 9.74. The number of carboxylic acids is 1. The Balaban J connectivity index is 1.97. The molecule has 2 heterocycles. The number of fused-ring (bicyclic) bond motifs is 1. The van der Waals surface area contributed by atoms with Crippen LogP contribution in [-0.2, 0) is 4.79 Å². The Morgan fingerprint density at radius 3 is 3.10 bits per heavy atom. The monoisotopic (exact) mass is 286 g/mol. The number of nitrogens with zero attached hydrogens (tertiary/aromatic N) is 3. The van der Waals surface area contributed by atoms with Gasteiger partial charge in [-0.25, -0.2) is 4.98 Å². The normalized spacial score (nSPS) is 10.8. The van der Waals surface area contributed by atoms with E-state index < -0.39 is 5.97 Å². The standard InChI is InChI=1S/C13H10N4O2S/c18-11(19)7-20-13-15-12(16-17-13)10-3-1-2-8-6-14-5-4-9(8)10/h1-6H,7H2,(H,18,19)(H,15,16,17). The maximum atomic E-state index is 10.5. The number of thioether (sulfide) groups is 1. The van der Waals surface area contributed by atoms with Gasteiger partial charge in [-0.3, -0.25) is 14.9 Å². The third-order valence-corrected chi connectivity index (χ3v) is 3.56. The molecule has 0 aliphatic carbocycles. The zero-order chi connectivity index (χ0) is 13.9. The average molecular weight is 286 g/mol. The van der Waals surface area contributed by atoms with E-state index in [-0.39, 0.29) is 5.75 Å². The molecule has 3 rings (SSSR count). The molecule has 0 spiro atoms. The van der Waals surface area contributed by atoms with Crippen molar-refractivity contribution in [2.24, 2.45) is 0 Å². The number of nitrogens with one attached hydrogen (secondary N) is 1. The molecule has 0 atom stereocenters. The fraction of sp³-hybridized carbons (Fsp3) is 0.0769. The number of carboxylic acid groups (broad SMARTS) is 1. The molecule has 100 valence electrons. The second-order valence-electron chi connectivity index (χ2n) is 4.05. The minimum atomic E-state index is -0.891. The van der Waals surface area contributed by atoms with Crippen LogP contribution < -0.4 is 0 Å². The van der Waals surface area contributed by atoms with Crippen LogP contribution in [0.15, 0.2) is 41.8 Å². The minimum absolute atomic E-state index is 0.0588. The first-order valence-corrected chi connectivity index (χ1v) is 6.83. The summed E-state index contributed by atoms with van der Waals surface area (Å²) < 4.78 is 0. The molecule has 0 amide bonds. The molecule has 7 heteroatoms. The van der Waals surface area contributed by atoms with Crippen LogP contribution in [0.4, 0.5) is 0 Å². The molecule has 0 saturated carbocycles. The number of hydrogen-bond donors (Lipinski definition) is 2. The van der Waals surface area contributed by atoms with Crippen molar-refractivity contribution in [3.63, 3.8) is 0 Å². The zero-order valence-electron chi connectivity index (χ0n) is 10.3. The number of rotatable bonds is 4. The Hall–Kier alpha value is -2.41. The van der Waals surface area contributed by atoms with Gasteiger partial charge in [-0.1, -0.05) is 30.0 Å². The number of carbonyl (C=O) groups is 1. The van der Waals surface area contributed by atoms with Crippen LogP contribution in [0.5, 0.6) is 0 Å². The molecule has 3 aromatic rings. The highest BCUT2D eigenvalue weighted by Gasteiger charge is 2.10. The van der Waals surface area contributed by atoms with Crippen molar-refractivity contribution >= 4 is 28.5 Å². The summed E-state index contributed by atoms with van der Waals surface area (Å²) in [6, 6.07) is 7.75. The van der Waals surface area contributed by atoms with Crippen molar-refractivity contribution in [3.8, 4) is 11.4 Å². The van der Waals surface area contributed by atoms with Crippen LogP contribution in [0, 0.1) is 0 Å². The Morgan fingerprint density at radius 2 is 2.25 bits per heavy atom. The summed E-state index contributed by atoms with van der Waals surface area (Å²) in [5.74, 6) is -0.330. The third kappa shape index (κ3) is 2.48. The number of aromatic nitrogens is 4. The number of hydrogen-bond acceptors (Lipinski definition) is 5. The molecule has 0 saturated heterocycles. The maximum absolute atomic E-state index is 10.5. The highest BCUT2D eigenvalue weighted by atomic mass is 32.2. The van der Waals surface area contributed by atoms with Gasteiger partial charge in [0.05, 0.1) is 5.75 Å². The van der Waals surface area contributed by atoms with Gasteiger partial charge in [0.2, 0.25) is 5.16 Å². The van der Waals surface area contributed by atoms with E-state index in [1.54, 1.807) is 12.4 Å². The molecule has 0 unspecified atom stereocenters. The molecule has 0 fully saturated rings. The van der Waals surface area contributed by atoms with E-state index >= 15 is 0 Å². The molecule has 0 radical (unpaired) electrons. The SMILES string of the molecule is O=C(O)CSc1n[nH]c(-c2cccc3cnccc23)n1. The van der Waals surface area contributed by atoms with Gasteiger partial charge >= 0.3 is 5.97 Å². The number of pyridine rings is 1. The molecule has 2 aromatic heterocycles. The van der Waals surface area contributed by atoms with Crippen LogP contribution in [0.25, 0.3) is 22.2 Å². The van der Waals surface area contributed by atoms with E-state index in [9.17, 15) is 4.79 Å². The summed E-state index contributed by atoms with van der Waals surface area (Å²) in [6.45, 7) is 0. The van der Waals surface area contributed by atoms with Crippen molar-refractivity contribution in [3.05, 3.63) is 36.7 Å². The fourth-order valence-electron chi connectivity index (χ4n) is 1.89. The van der Waals surface area contributed by atoms with Gasteiger partial charge in [-0.05, 0) is 11.5 Å². The van der Waals surface area contributed by atoms with Gasteiger partial charge in [0.15, 0.2) is 5.82 Å². The van der Waals surface area contributed by atoms with Gasteiger partial charge in [-0.2, -0.15) is 0 Å². The van der Waals surface area contributed by atoms with Crippen LogP contribution >= 0.6 is 11.8 Å². The highest BCUT2D eigenvalue weighted by Crippen LogP contribution is 2.26. The Bertz CT molecular complexity index is 766. The lowest BCUT2D eigenvalue weighted by molar-refractivity contribution is -0.133. The molecule has 1 aromatic carbocycles. The summed E-state index contributed by atoms with van der Waals surface area (Å²) >= 11 is 1.08. The quantitative estimate of drug-likeness (QED) is 0.714. The van der Waals surface area contributed by atoms with Crippen molar-refractivity contribution in [2.75, 3.05) is 5.75 Å².